The molecule has 0 fully saturated rings. The first kappa shape index (κ1) is 10.6. The lowest BCUT2D eigenvalue weighted by atomic mass is 10.5. The smallest absolute Gasteiger partial charge is 0.0577 e. The highest BCUT2D eigenvalue weighted by atomic mass is 35.5. The summed E-state index contributed by atoms with van der Waals surface area (Å²) in [6.07, 6.45) is 1.42. The quantitative estimate of drug-likeness (QED) is 0.529. The zero-order valence-electron chi connectivity index (χ0n) is 4.68. The van der Waals surface area contributed by atoms with Crippen molar-refractivity contribution in [1.82, 2.24) is 0 Å². The van der Waals surface area contributed by atoms with Gasteiger partial charge in [0.1, 0.15) is 0 Å². The summed E-state index contributed by atoms with van der Waals surface area (Å²) in [7, 11) is 4.33. The Balaban J connectivity index is 0. The van der Waals surface area contributed by atoms with Gasteiger partial charge in [-0.2, -0.15) is 0 Å². The summed E-state index contributed by atoms with van der Waals surface area (Å²) in [6, 6.07) is 0. The Morgan fingerprint density at radius 2 is 2.14 bits per heavy atom. The molecule has 7 heavy (non-hydrogen) atoms. The van der Waals surface area contributed by atoms with Gasteiger partial charge in [0.15, 0.2) is 0 Å². The van der Waals surface area contributed by atoms with Crippen molar-refractivity contribution >= 4 is 21.6 Å². The molecule has 0 amide bonds. The number of rotatable bonds is 2. The van der Waals surface area contributed by atoms with Gasteiger partial charge >= 0.3 is 0 Å². The fraction of sp³-hybridized carbons (Fsp3) is 1.00. The first-order valence-electron chi connectivity index (χ1n) is 2.04. The van der Waals surface area contributed by atoms with Crippen molar-refractivity contribution in [2.24, 2.45) is 0 Å². The summed E-state index contributed by atoms with van der Waals surface area (Å²) in [5.74, 6) is 0. The van der Waals surface area contributed by atoms with Crippen LogP contribution in [0.25, 0.3) is 0 Å². The molecular weight excluding hydrogens is 130 g/mol. The molecule has 2 unspecified atom stereocenters. The highest BCUT2D eigenvalue weighted by Gasteiger charge is 1.88. The Labute approximate surface area is 53.4 Å². The second-order valence-corrected chi connectivity index (χ2v) is 1.75. The number of ether oxygens (including phenoxy) is 1. The molecule has 0 aromatic carbocycles. The maximum absolute atomic E-state index is 4.88. The van der Waals surface area contributed by atoms with Gasteiger partial charge in [-0.05, 0) is 13.1 Å². The molecule has 0 aliphatic carbocycles. The lowest BCUT2D eigenvalue weighted by molar-refractivity contribution is 0.137. The van der Waals surface area contributed by atoms with E-state index >= 15 is 0 Å². The molecule has 0 bridgehead atoms. The molecule has 0 saturated carbocycles. The first-order valence-corrected chi connectivity index (χ1v) is 2.85. The van der Waals surface area contributed by atoms with Gasteiger partial charge in [-0.25, -0.2) is 0 Å². The van der Waals surface area contributed by atoms with Crippen LogP contribution in [0, 0.1) is 0 Å². The van der Waals surface area contributed by atoms with Crippen LogP contribution in [0.4, 0.5) is 0 Å². The van der Waals surface area contributed by atoms with Gasteiger partial charge in [0.25, 0.3) is 0 Å². The topological polar surface area (TPSA) is 9.23 Å². The van der Waals surface area contributed by atoms with E-state index < -0.39 is 0 Å². The molecule has 2 atom stereocenters. The van der Waals surface area contributed by atoms with Crippen LogP contribution in [0.1, 0.15) is 6.92 Å². The van der Waals surface area contributed by atoms with Crippen molar-refractivity contribution in [2.75, 3.05) is 13.3 Å². The van der Waals surface area contributed by atoms with Gasteiger partial charge in [-0.1, -0.05) is 0 Å². The van der Waals surface area contributed by atoms with Crippen LogP contribution in [-0.2, 0) is 4.74 Å². The SMILES string of the molecule is COC(C)CP.Cl. The van der Waals surface area contributed by atoms with Crippen LogP contribution in [0.5, 0.6) is 0 Å². The molecule has 46 valence electrons. The van der Waals surface area contributed by atoms with E-state index in [1.165, 1.54) is 0 Å². The number of halogens is 1. The van der Waals surface area contributed by atoms with Gasteiger partial charge in [-0.3, -0.25) is 0 Å². The molecule has 0 spiro atoms. The molecule has 0 aromatic rings. The fourth-order valence-corrected chi connectivity index (χ4v) is 0.289. The third-order valence-corrected chi connectivity index (χ3v) is 1.40. The van der Waals surface area contributed by atoms with E-state index in [0.717, 1.165) is 6.16 Å². The van der Waals surface area contributed by atoms with Crippen molar-refractivity contribution in [1.29, 1.82) is 0 Å². The zero-order chi connectivity index (χ0) is 4.99. The van der Waals surface area contributed by atoms with Gasteiger partial charge in [0.2, 0.25) is 0 Å². The Kier molecular flexibility index (Phi) is 10.1. The summed E-state index contributed by atoms with van der Waals surface area (Å²) in [4.78, 5) is 0. The molecule has 0 N–H and O–H groups in total. The molecule has 1 nitrogen and oxygen atoms in total. The Hall–Kier alpha value is 0.680. The van der Waals surface area contributed by atoms with Gasteiger partial charge in [0.05, 0.1) is 6.10 Å². The second kappa shape index (κ2) is 6.68. The third kappa shape index (κ3) is 6.68. The zero-order valence-corrected chi connectivity index (χ0v) is 6.65. The minimum atomic E-state index is 0. The largest absolute Gasteiger partial charge is 0.381 e. The average Bonchev–Trinajstić information content (AvgIpc) is 1.65. The van der Waals surface area contributed by atoms with Crippen LogP contribution in [0.3, 0.4) is 0 Å². The molecule has 0 aliphatic rings. The highest BCUT2D eigenvalue weighted by molar-refractivity contribution is 7.16. The summed E-state index contributed by atoms with van der Waals surface area (Å²) < 4.78 is 4.88. The Bertz CT molecular complexity index is 30.9. The predicted molar refractivity (Wildman–Crippen MR) is 38.3 cm³/mol. The molecular formula is C4H12ClOP. The molecule has 3 heteroatoms. The van der Waals surface area contributed by atoms with Crippen LogP contribution < -0.4 is 0 Å². The maximum atomic E-state index is 4.88. The standard InChI is InChI=1S/C4H11OP.ClH/c1-4(3-6)5-2;/h4H,3,6H2,1-2H3;1H. The molecule has 0 radical (unpaired) electrons. The summed E-state index contributed by atoms with van der Waals surface area (Å²) >= 11 is 0. The van der Waals surface area contributed by atoms with Gasteiger partial charge in [0, 0.05) is 7.11 Å². The first-order chi connectivity index (χ1) is 2.81. The van der Waals surface area contributed by atoms with Crippen molar-refractivity contribution < 1.29 is 4.74 Å². The van der Waals surface area contributed by atoms with Crippen molar-refractivity contribution in [2.45, 2.75) is 13.0 Å². The van der Waals surface area contributed by atoms with Crippen molar-refractivity contribution in [3.8, 4) is 0 Å². The van der Waals surface area contributed by atoms with E-state index in [9.17, 15) is 0 Å². The third-order valence-electron chi connectivity index (χ3n) is 0.734. The number of methoxy groups -OCH3 is 1. The fourth-order valence-electron chi connectivity index (χ4n) is 0.0962. The van der Waals surface area contributed by atoms with E-state index in [4.69, 9.17) is 4.74 Å². The summed E-state index contributed by atoms with van der Waals surface area (Å²) in [6.45, 7) is 2.03. The lowest BCUT2D eigenvalue weighted by Crippen LogP contribution is -2.04. The van der Waals surface area contributed by atoms with E-state index in [0.29, 0.717) is 6.10 Å². The van der Waals surface area contributed by atoms with Gasteiger partial charge < -0.3 is 4.74 Å². The maximum Gasteiger partial charge on any atom is 0.0577 e. The predicted octanol–water partition coefficient (Wildman–Crippen LogP) is 1.32. The Morgan fingerprint density at radius 3 is 2.14 bits per heavy atom. The Morgan fingerprint density at radius 1 is 1.71 bits per heavy atom. The van der Waals surface area contributed by atoms with E-state index in [1.54, 1.807) is 7.11 Å². The van der Waals surface area contributed by atoms with E-state index in [1.807, 2.05) is 6.92 Å². The number of hydrogen-bond acceptors (Lipinski definition) is 1. The van der Waals surface area contributed by atoms with Crippen molar-refractivity contribution in [3.63, 3.8) is 0 Å². The minimum absolute atomic E-state index is 0. The van der Waals surface area contributed by atoms with Crippen LogP contribution >= 0.6 is 21.6 Å². The number of hydrogen-bond donors (Lipinski definition) is 0. The second-order valence-electron chi connectivity index (χ2n) is 1.28. The highest BCUT2D eigenvalue weighted by Crippen LogP contribution is 1.91. The molecule has 0 aromatic heterocycles. The van der Waals surface area contributed by atoms with Crippen molar-refractivity contribution in [3.05, 3.63) is 0 Å². The van der Waals surface area contributed by atoms with E-state index in [2.05, 4.69) is 9.24 Å². The molecule has 0 aliphatic heterocycles. The van der Waals surface area contributed by atoms with Crippen LogP contribution in [0.15, 0.2) is 0 Å². The molecule has 0 saturated heterocycles. The monoisotopic (exact) mass is 142 g/mol. The minimum Gasteiger partial charge on any atom is -0.381 e. The van der Waals surface area contributed by atoms with E-state index in [-0.39, 0.29) is 12.4 Å². The lowest BCUT2D eigenvalue weighted by Gasteiger charge is -2.01. The average molecular weight is 143 g/mol. The molecule has 0 rings (SSSR count). The summed E-state index contributed by atoms with van der Waals surface area (Å²) in [5, 5.41) is 0. The van der Waals surface area contributed by atoms with Crippen LogP contribution in [0.2, 0.25) is 0 Å². The molecule has 0 heterocycles. The van der Waals surface area contributed by atoms with Crippen LogP contribution in [-0.4, -0.2) is 19.4 Å². The summed E-state index contributed by atoms with van der Waals surface area (Å²) in [5.41, 5.74) is 0. The van der Waals surface area contributed by atoms with Gasteiger partial charge in [-0.15, -0.1) is 21.6 Å². The normalized spacial score (nSPS) is 12.4.